The van der Waals surface area contributed by atoms with E-state index in [-0.39, 0.29) is 19.0 Å². The second-order valence-electron chi connectivity index (χ2n) is 4.03. The van der Waals surface area contributed by atoms with Crippen LogP contribution in [0.4, 0.5) is 5.69 Å². The molecule has 2 rings (SSSR count). The average molecular weight is 293 g/mol. The summed E-state index contributed by atoms with van der Waals surface area (Å²) in [6, 6.07) is 8.25. The molecule has 102 valence electrons. The molecule has 2 N–H and O–H groups in total. The van der Waals surface area contributed by atoms with Crippen molar-refractivity contribution >= 4 is 28.4 Å². The Morgan fingerprint density at radius 3 is 2.78 bits per heavy atom. The maximum absolute atomic E-state index is 10.6. The minimum Gasteiger partial charge on any atom is -0.371 e. The largest absolute Gasteiger partial charge is 0.371 e. The zero-order chi connectivity index (χ0) is 12.3. The molecule has 0 amide bonds. The molecule has 0 aliphatic carbocycles. The first kappa shape index (κ1) is 15.2. The summed E-state index contributed by atoms with van der Waals surface area (Å²) < 4.78 is 25.6. The van der Waals surface area contributed by atoms with E-state index in [1.807, 2.05) is 12.1 Å². The van der Waals surface area contributed by atoms with Crippen LogP contribution in [-0.2, 0) is 20.9 Å². The molecule has 0 radical (unpaired) electrons. The monoisotopic (exact) mass is 292 g/mol. The van der Waals surface area contributed by atoms with Gasteiger partial charge in [0.25, 0.3) is 0 Å². The number of nitrogens with zero attached hydrogens (tertiary/aromatic N) is 1. The van der Waals surface area contributed by atoms with Crippen molar-refractivity contribution in [1.29, 1.82) is 0 Å². The van der Waals surface area contributed by atoms with Crippen molar-refractivity contribution < 1.29 is 12.6 Å². The number of benzene rings is 1. The summed E-state index contributed by atoms with van der Waals surface area (Å²) in [5.41, 5.74) is 2.59. The lowest BCUT2D eigenvalue weighted by molar-refractivity contribution is 0.314. The highest BCUT2D eigenvalue weighted by molar-refractivity contribution is 7.84. The Bertz CT molecular complexity index is 493. The average Bonchev–Trinajstić information content (AvgIpc) is 2.67. The van der Waals surface area contributed by atoms with Crippen LogP contribution in [0.15, 0.2) is 24.3 Å². The van der Waals surface area contributed by atoms with Gasteiger partial charge in [0.15, 0.2) is 0 Å². The summed E-state index contributed by atoms with van der Waals surface area (Å²) in [7, 11) is -3.80. The molecule has 1 aliphatic heterocycles. The summed E-state index contributed by atoms with van der Waals surface area (Å²) >= 11 is 0. The van der Waals surface area contributed by atoms with Crippen LogP contribution >= 0.6 is 12.4 Å². The van der Waals surface area contributed by atoms with Gasteiger partial charge in [-0.1, -0.05) is 18.2 Å². The van der Waals surface area contributed by atoms with Gasteiger partial charge in [-0.05, 0) is 24.5 Å². The molecule has 0 atom stereocenters. The van der Waals surface area contributed by atoms with E-state index in [2.05, 4.69) is 21.2 Å². The molecule has 1 aliphatic rings. The molecule has 5 nitrogen and oxygen atoms in total. The van der Waals surface area contributed by atoms with Crippen LogP contribution in [0.2, 0.25) is 0 Å². The van der Waals surface area contributed by atoms with Gasteiger partial charge in [0.1, 0.15) is 0 Å². The Labute approximate surface area is 114 Å². The molecule has 7 heteroatoms. The number of rotatable bonds is 5. The zero-order valence-electron chi connectivity index (χ0n) is 9.91. The smallest absolute Gasteiger partial charge is 0.333 e. The van der Waals surface area contributed by atoms with Gasteiger partial charge >= 0.3 is 10.3 Å². The first-order chi connectivity index (χ1) is 8.06. The number of hydrogen-bond donors (Lipinski definition) is 1. The second-order valence-corrected chi connectivity index (χ2v) is 5.26. The summed E-state index contributed by atoms with van der Waals surface area (Å²) in [5, 5.41) is 4.74. The summed E-state index contributed by atoms with van der Waals surface area (Å²) in [4.78, 5) is 2.24. The number of hydrogen-bond acceptors (Lipinski definition) is 4. The number of nitrogens with two attached hydrogens (primary N) is 1. The first-order valence-corrected chi connectivity index (χ1v) is 7.03. The van der Waals surface area contributed by atoms with E-state index in [1.165, 1.54) is 11.3 Å². The fourth-order valence-electron chi connectivity index (χ4n) is 2.07. The minimum atomic E-state index is -3.80. The second kappa shape index (κ2) is 6.38. The lowest BCUT2D eigenvalue weighted by Crippen LogP contribution is -2.24. The Balaban J connectivity index is 0.00000162. The lowest BCUT2D eigenvalue weighted by atomic mass is 10.2. The van der Waals surface area contributed by atoms with Crippen LogP contribution in [0.3, 0.4) is 0 Å². The topological polar surface area (TPSA) is 72.6 Å². The molecular weight excluding hydrogens is 276 g/mol. The lowest BCUT2D eigenvalue weighted by Gasteiger charge is -2.18. The Morgan fingerprint density at radius 2 is 2.06 bits per heavy atom. The molecule has 0 bridgehead atoms. The van der Waals surface area contributed by atoms with E-state index >= 15 is 0 Å². The highest BCUT2D eigenvalue weighted by Crippen LogP contribution is 2.27. The molecule has 0 spiro atoms. The van der Waals surface area contributed by atoms with Crippen LogP contribution in [0.1, 0.15) is 12.0 Å². The van der Waals surface area contributed by atoms with Crippen molar-refractivity contribution in [1.82, 2.24) is 0 Å². The van der Waals surface area contributed by atoms with E-state index in [4.69, 9.17) is 5.14 Å². The van der Waals surface area contributed by atoms with Crippen molar-refractivity contribution in [2.45, 2.75) is 12.8 Å². The predicted octanol–water partition coefficient (Wildman–Crippen LogP) is 1.08. The van der Waals surface area contributed by atoms with Crippen LogP contribution in [-0.4, -0.2) is 28.1 Å². The van der Waals surface area contributed by atoms with Crippen LogP contribution in [0, 0.1) is 0 Å². The molecule has 18 heavy (non-hydrogen) atoms. The quantitative estimate of drug-likeness (QED) is 0.824. The normalized spacial score (nSPS) is 14.2. The van der Waals surface area contributed by atoms with E-state index in [1.54, 1.807) is 0 Å². The standard InChI is InChI=1S/C11H16N2O3S.ClH/c12-17(14,15)16-9-3-7-13-8-6-10-4-1-2-5-11(10)13;/h1-2,4-5H,3,6-9H2,(H2,12,14,15);1H. The third-order valence-electron chi connectivity index (χ3n) is 2.80. The number of fused-ring (bicyclic) bond motifs is 1. The number of anilines is 1. The van der Waals surface area contributed by atoms with Crippen molar-refractivity contribution in [3.05, 3.63) is 29.8 Å². The van der Waals surface area contributed by atoms with Crippen molar-refractivity contribution in [3.63, 3.8) is 0 Å². The maximum Gasteiger partial charge on any atom is 0.333 e. The van der Waals surface area contributed by atoms with Gasteiger partial charge in [0.05, 0.1) is 6.61 Å². The number of para-hydroxylation sites is 1. The van der Waals surface area contributed by atoms with Crippen LogP contribution in [0.5, 0.6) is 0 Å². The van der Waals surface area contributed by atoms with Crippen molar-refractivity contribution in [2.24, 2.45) is 5.14 Å². The minimum absolute atomic E-state index is 0. The molecule has 0 saturated carbocycles. The molecule has 1 aromatic rings. The van der Waals surface area contributed by atoms with Gasteiger partial charge in [-0.25, -0.2) is 5.14 Å². The van der Waals surface area contributed by atoms with Crippen molar-refractivity contribution in [3.8, 4) is 0 Å². The third kappa shape index (κ3) is 4.13. The highest BCUT2D eigenvalue weighted by Gasteiger charge is 2.17. The van der Waals surface area contributed by atoms with Gasteiger partial charge in [0, 0.05) is 18.8 Å². The van der Waals surface area contributed by atoms with Gasteiger partial charge in [-0.2, -0.15) is 8.42 Å². The molecule has 1 heterocycles. The third-order valence-corrected chi connectivity index (χ3v) is 3.30. The highest BCUT2D eigenvalue weighted by atomic mass is 35.5. The fourth-order valence-corrected chi connectivity index (χ4v) is 2.42. The Morgan fingerprint density at radius 1 is 1.33 bits per heavy atom. The van der Waals surface area contributed by atoms with Gasteiger partial charge in [-0.3, -0.25) is 4.18 Å². The maximum atomic E-state index is 10.6. The molecule has 0 unspecified atom stereocenters. The Kier molecular flexibility index (Phi) is 5.40. The van der Waals surface area contributed by atoms with Gasteiger partial charge < -0.3 is 4.90 Å². The fraction of sp³-hybridized carbons (Fsp3) is 0.455. The van der Waals surface area contributed by atoms with E-state index in [0.29, 0.717) is 6.42 Å². The molecule has 1 aromatic carbocycles. The van der Waals surface area contributed by atoms with E-state index in [9.17, 15) is 8.42 Å². The molecule has 0 saturated heterocycles. The van der Waals surface area contributed by atoms with Gasteiger partial charge in [0.2, 0.25) is 0 Å². The van der Waals surface area contributed by atoms with Crippen LogP contribution < -0.4 is 10.0 Å². The van der Waals surface area contributed by atoms with Crippen molar-refractivity contribution in [2.75, 3.05) is 24.6 Å². The predicted molar refractivity (Wildman–Crippen MR) is 73.3 cm³/mol. The first-order valence-electron chi connectivity index (χ1n) is 5.56. The molecule has 0 fully saturated rings. The molecule has 0 aromatic heterocycles. The summed E-state index contributed by atoms with van der Waals surface area (Å²) in [6.45, 7) is 1.90. The zero-order valence-corrected chi connectivity index (χ0v) is 11.5. The number of halogens is 1. The SMILES string of the molecule is Cl.NS(=O)(=O)OCCCN1CCc2ccccc21. The molecular formula is C11H17ClN2O3S. The summed E-state index contributed by atoms with van der Waals surface area (Å²) in [6.07, 6.45) is 1.69. The van der Waals surface area contributed by atoms with E-state index in [0.717, 1.165) is 19.5 Å². The Hall–Kier alpha value is -0.820. The van der Waals surface area contributed by atoms with Gasteiger partial charge in [-0.15, -0.1) is 12.4 Å². The van der Waals surface area contributed by atoms with E-state index < -0.39 is 10.3 Å². The summed E-state index contributed by atoms with van der Waals surface area (Å²) in [5.74, 6) is 0. The van der Waals surface area contributed by atoms with Crippen LogP contribution in [0.25, 0.3) is 0 Å².